The largest absolute Gasteiger partial charge is 0.477 e. The molecule has 1 aliphatic rings. The van der Waals surface area contributed by atoms with Crippen LogP contribution >= 0.6 is 0 Å². The van der Waals surface area contributed by atoms with Gasteiger partial charge in [0.15, 0.2) is 0 Å². The average Bonchev–Trinajstić information content (AvgIpc) is 2.37. The normalized spacial score (nSPS) is 16.5. The van der Waals surface area contributed by atoms with Gasteiger partial charge >= 0.3 is 0 Å². The van der Waals surface area contributed by atoms with Crippen LogP contribution in [-0.4, -0.2) is 17.4 Å². The predicted octanol–water partition coefficient (Wildman–Crippen LogP) is 2.63. The molecule has 18 heavy (non-hydrogen) atoms. The minimum atomic E-state index is 0.0271. The second-order valence-electron chi connectivity index (χ2n) is 5.04. The fourth-order valence-corrected chi connectivity index (χ4v) is 2.52. The van der Waals surface area contributed by atoms with Crippen molar-refractivity contribution in [3.63, 3.8) is 0 Å². The molecule has 1 saturated carbocycles. The summed E-state index contributed by atoms with van der Waals surface area (Å²) in [6, 6.07) is 1.85. The van der Waals surface area contributed by atoms with Crippen molar-refractivity contribution in [1.29, 1.82) is 5.41 Å². The first-order valence-electron chi connectivity index (χ1n) is 6.61. The molecule has 1 aromatic heterocycles. The van der Waals surface area contributed by atoms with E-state index >= 15 is 0 Å². The standard InChI is InChI=1S/C14H21N3O/c1-10-7-8-17-14(12(10)13(15)16)18-9-11-5-3-2-4-6-11/h7-8,11H,2-6,9H2,1H3,(H3,15,16). The molecule has 1 heterocycles. The van der Waals surface area contributed by atoms with Gasteiger partial charge in [0, 0.05) is 6.20 Å². The van der Waals surface area contributed by atoms with Crippen LogP contribution in [0.5, 0.6) is 5.88 Å². The van der Waals surface area contributed by atoms with Crippen LogP contribution in [0.1, 0.15) is 43.2 Å². The van der Waals surface area contributed by atoms with Gasteiger partial charge in [0.2, 0.25) is 5.88 Å². The number of pyridine rings is 1. The first kappa shape index (κ1) is 12.9. The van der Waals surface area contributed by atoms with Gasteiger partial charge in [-0.25, -0.2) is 4.98 Å². The van der Waals surface area contributed by atoms with E-state index in [0.717, 1.165) is 5.56 Å². The topological polar surface area (TPSA) is 72.0 Å². The number of nitrogens with one attached hydrogen (secondary N) is 1. The number of hydrogen-bond acceptors (Lipinski definition) is 3. The van der Waals surface area contributed by atoms with Gasteiger partial charge in [-0.15, -0.1) is 0 Å². The highest BCUT2D eigenvalue weighted by Gasteiger charge is 2.16. The van der Waals surface area contributed by atoms with Crippen molar-refractivity contribution in [3.05, 3.63) is 23.4 Å². The summed E-state index contributed by atoms with van der Waals surface area (Å²) in [5, 5.41) is 7.60. The van der Waals surface area contributed by atoms with E-state index in [1.807, 2.05) is 13.0 Å². The Balaban J connectivity index is 2.04. The molecular formula is C14H21N3O. The van der Waals surface area contributed by atoms with Gasteiger partial charge in [-0.2, -0.15) is 0 Å². The molecule has 0 amide bonds. The fraction of sp³-hybridized carbons (Fsp3) is 0.571. The third kappa shape index (κ3) is 3.00. The van der Waals surface area contributed by atoms with Gasteiger partial charge in [0.25, 0.3) is 0 Å². The van der Waals surface area contributed by atoms with E-state index in [1.165, 1.54) is 32.1 Å². The van der Waals surface area contributed by atoms with Crippen molar-refractivity contribution in [3.8, 4) is 5.88 Å². The van der Waals surface area contributed by atoms with Crippen LogP contribution in [0.3, 0.4) is 0 Å². The van der Waals surface area contributed by atoms with Crippen molar-refractivity contribution < 1.29 is 4.74 Å². The van der Waals surface area contributed by atoms with E-state index in [9.17, 15) is 0 Å². The number of hydrogen-bond donors (Lipinski definition) is 2. The van der Waals surface area contributed by atoms with Crippen LogP contribution in [-0.2, 0) is 0 Å². The van der Waals surface area contributed by atoms with Gasteiger partial charge in [0.1, 0.15) is 5.84 Å². The number of rotatable bonds is 4. The van der Waals surface area contributed by atoms with Crippen molar-refractivity contribution in [1.82, 2.24) is 4.98 Å². The Morgan fingerprint density at radius 2 is 2.17 bits per heavy atom. The molecule has 0 saturated heterocycles. The maximum Gasteiger partial charge on any atom is 0.224 e. The number of ether oxygens (including phenoxy) is 1. The Labute approximate surface area is 108 Å². The summed E-state index contributed by atoms with van der Waals surface area (Å²) in [4.78, 5) is 4.20. The number of nitrogen functional groups attached to an aromatic ring is 1. The van der Waals surface area contributed by atoms with E-state index in [4.69, 9.17) is 15.9 Å². The van der Waals surface area contributed by atoms with E-state index in [-0.39, 0.29) is 5.84 Å². The van der Waals surface area contributed by atoms with Gasteiger partial charge in [-0.3, -0.25) is 5.41 Å². The monoisotopic (exact) mass is 247 g/mol. The molecule has 3 N–H and O–H groups in total. The molecule has 0 radical (unpaired) electrons. The zero-order valence-corrected chi connectivity index (χ0v) is 10.9. The summed E-state index contributed by atoms with van der Waals surface area (Å²) in [5.41, 5.74) is 7.16. The molecule has 0 atom stereocenters. The molecule has 0 aliphatic heterocycles. The minimum Gasteiger partial charge on any atom is -0.477 e. The molecule has 4 nitrogen and oxygen atoms in total. The zero-order chi connectivity index (χ0) is 13.0. The van der Waals surface area contributed by atoms with E-state index in [0.29, 0.717) is 24.0 Å². The zero-order valence-electron chi connectivity index (χ0n) is 10.9. The second-order valence-corrected chi connectivity index (χ2v) is 5.04. The van der Waals surface area contributed by atoms with Crippen LogP contribution in [0, 0.1) is 18.3 Å². The first-order chi connectivity index (χ1) is 8.68. The Hall–Kier alpha value is -1.58. The molecule has 0 aromatic carbocycles. The molecule has 98 valence electrons. The van der Waals surface area contributed by atoms with Gasteiger partial charge in [-0.1, -0.05) is 19.3 Å². The van der Waals surface area contributed by atoms with Crippen LogP contribution in [0.4, 0.5) is 0 Å². The second kappa shape index (κ2) is 5.85. The number of nitrogens with two attached hydrogens (primary N) is 1. The Morgan fingerprint density at radius 1 is 1.44 bits per heavy atom. The van der Waals surface area contributed by atoms with Crippen LogP contribution in [0.25, 0.3) is 0 Å². The lowest BCUT2D eigenvalue weighted by atomic mass is 9.90. The summed E-state index contributed by atoms with van der Waals surface area (Å²) in [5.74, 6) is 1.16. The summed E-state index contributed by atoms with van der Waals surface area (Å²) in [6.07, 6.45) is 8.13. The number of aromatic nitrogens is 1. The highest BCUT2D eigenvalue weighted by Crippen LogP contribution is 2.25. The smallest absolute Gasteiger partial charge is 0.224 e. The average molecular weight is 247 g/mol. The number of aryl methyl sites for hydroxylation is 1. The lowest BCUT2D eigenvalue weighted by Gasteiger charge is -2.22. The van der Waals surface area contributed by atoms with Crippen molar-refractivity contribution >= 4 is 5.84 Å². The van der Waals surface area contributed by atoms with Gasteiger partial charge < -0.3 is 10.5 Å². The minimum absolute atomic E-state index is 0.0271. The summed E-state index contributed by atoms with van der Waals surface area (Å²) in [6.45, 7) is 2.61. The Morgan fingerprint density at radius 3 is 2.83 bits per heavy atom. The van der Waals surface area contributed by atoms with Crippen LogP contribution in [0.15, 0.2) is 12.3 Å². The quantitative estimate of drug-likeness (QED) is 0.634. The Bertz CT molecular complexity index is 425. The molecule has 1 aliphatic carbocycles. The lowest BCUT2D eigenvalue weighted by Crippen LogP contribution is -2.19. The summed E-state index contributed by atoms with van der Waals surface area (Å²) < 4.78 is 5.79. The van der Waals surface area contributed by atoms with E-state index in [2.05, 4.69) is 4.98 Å². The van der Waals surface area contributed by atoms with Crippen molar-refractivity contribution in [2.24, 2.45) is 11.7 Å². The van der Waals surface area contributed by atoms with Crippen molar-refractivity contribution in [2.45, 2.75) is 39.0 Å². The van der Waals surface area contributed by atoms with Gasteiger partial charge in [0.05, 0.1) is 12.2 Å². The van der Waals surface area contributed by atoms with Crippen molar-refractivity contribution in [2.75, 3.05) is 6.61 Å². The maximum atomic E-state index is 7.60. The van der Waals surface area contributed by atoms with Crippen LogP contribution in [0.2, 0.25) is 0 Å². The predicted molar refractivity (Wildman–Crippen MR) is 72.1 cm³/mol. The number of amidine groups is 1. The molecule has 2 rings (SSSR count). The van der Waals surface area contributed by atoms with E-state index in [1.54, 1.807) is 6.20 Å². The SMILES string of the molecule is Cc1ccnc(OCC2CCCCC2)c1C(=N)N. The molecular weight excluding hydrogens is 226 g/mol. The lowest BCUT2D eigenvalue weighted by molar-refractivity contribution is 0.202. The maximum absolute atomic E-state index is 7.60. The molecule has 0 unspecified atom stereocenters. The molecule has 1 aromatic rings. The highest BCUT2D eigenvalue weighted by atomic mass is 16.5. The molecule has 1 fully saturated rings. The first-order valence-corrected chi connectivity index (χ1v) is 6.61. The molecule has 0 spiro atoms. The summed E-state index contributed by atoms with van der Waals surface area (Å²) >= 11 is 0. The molecule has 4 heteroatoms. The third-order valence-electron chi connectivity index (χ3n) is 3.57. The molecule has 0 bridgehead atoms. The van der Waals surface area contributed by atoms with E-state index < -0.39 is 0 Å². The fourth-order valence-electron chi connectivity index (χ4n) is 2.52. The van der Waals surface area contributed by atoms with Crippen LogP contribution < -0.4 is 10.5 Å². The Kier molecular flexibility index (Phi) is 4.18. The highest BCUT2D eigenvalue weighted by molar-refractivity contribution is 5.98. The third-order valence-corrected chi connectivity index (χ3v) is 3.57. The summed E-state index contributed by atoms with van der Waals surface area (Å²) in [7, 11) is 0. The number of nitrogens with zero attached hydrogens (tertiary/aromatic N) is 1. The van der Waals surface area contributed by atoms with Gasteiger partial charge in [-0.05, 0) is 37.3 Å².